The molecular weight excluding hydrogens is 841 g/mol. The van der Waals surface area contributed by atoms with Gasteiger partial charge in [0.15, 0.2) is 17.2 Å². The lowest BCUT2D eigenvalue weighted by atomic mass is 10.1. The normalized spacial score (nSPS) is 11.5. The predicted molar refractivity (Wildman–Crippen MR) is 201 cm³/mol. The number of nitrogen functional groups attached to an aromatic ring is 1. The molecule has 2 aromatic carbocycles. The van der Waals surface area contributed by atoms with Gasteiger partial charge in [-0.2, -0.15) is 46.7 Å². The molecule has 0 bridgehead atoms. The fourth-order valence-electron chi connectivity index (χ4n) is 5.56. The Hall–Kier alpha value is -5.76. The number of benzene rings is 2. The summed E-state index contributed by atoms with van der Waals surface area (Å²) in [4.78, 5) is 22.8. The van der Waals surface area contributed by atoms with Gasteiger partial charge in [-0.25, -0.2) is 18.1 Å². The van der Waals surface area contributed by atoms with Gasteiger partial charge in [0.2, 0.25) is 0 Å². The molecule has 3 N–H and O–H groups in total. The van der Waals surface area contributed by atoms with Gasteiger partial charge in [-0.15, -0.1) is 0 Å². The number of carbonyl (C=O) groups excluding carboxylic acids is 1. The Bertz CT molecular complexity index is 2400. The molecule has 4 heterocycles. The molecule has 0 atom stereocenters. The topological polar surface area (TPSA) is 152 Å². The first kappa shape index (κ1) is 45.9. The van der Waals surface area contributed by atoms with Crippen molar-refractivity contribution >= 4 is 40.6 Å². The number of carboxylic acid groups (broad SMARTS) is 1. The third-order valence-electron chi connectivity index (χ3n) is 8.47. The Kier molecular flexibility index (Phi) is 14.7. The van der Waals surface area contributed by atoms with E-state index in [9.17, 15) is 44.7 Å². The Balaban J connectivity index is 0.000000215. The maximum Gasteiger partial charge on any atom is 0.436 e. The first-order chi connectivity index (χ1) is 27.6. The minimum atomic E-state index is -4.69. The van der Waals surface area contributed by atoms with Gasteiger partial charge in [0.05, 0.1) is 56.6 Å². The molecule has 22 heteroatoms. The van der Waals surface area contributed by atoms with Crippen LogP contribution in [0.25, 0.3) is 11.4 Å². The van der Waals surface area contributed by atoms with Crippen LogP contribution in [0.5, 0.6) is 0 Å². The summed E-state index contributed by atoms with van der Waals surface area (Å²) in [7, 11) is 0. The number of halogens is 10. The van der Waals surface area contributed by atoms with Crippen molar-refractivity contribution in [2.75, 3.05) is 5.73 Å². The summed E-state index contributed by atoms with van der Waals surface area (Å²) >= 11 is 11.1. The molecule has 0 aliphatic heterocycles. The molecule has 12 nitrogen and oxygen atoms in total. The van der Waals surface area contributed by atoms with Crippen molar-refractivity contribution in [3.63, 3.8) is 0 Å². The fraction of sp³-hybridized carbons (Fsp3) is 0.297. The molecule has 0 aliphatic carbocycles. The van der Waals surface area contributed by atoms with Crippen molar-refractivity contribution in [1.82, 2.24) is 39.1 Å². The molecule has 6 aromatic rings. The summed E-state index contributed by atoms with van der Waals surface area (Å²) in [5.41, 5.74) is 7.84. The number of rotatable bonds is 10. The zero-order valence-electron chi connectivity index (χ0n) is 31.5. The van der Waals surface area contributed by atoms with Crippen LogP contribution in [-0.4, -0.2) is 56.0 Å². The molecule has 0 saturated heterocycles. The zero-order valence-corrected chi connectivity index (χ0v) is 33.0. The van der Waals surface area contributed by atoms with Gasteiger partial charge in [-0.1, -0.05) is 37.0 Å². The van der Waals surface area contributed by atoms with E-state index in [-0.39, 0.29) is 41.8 Å². The van der Waals surface area contributed by atoms with Gasteiger partial charge in [-0.05, 0) is 75.2 Å². The summed E-state index contributed by atoms with van der Waals surface area (Å²) < 4.78 is 107. The largest absolute Gasteiger partial charge is 0.480 e. The molecule has 0 amide bonds. The molecule has 0 aliphatic rings. The molecule has 0 unspecified atom stereocenters. The minimum absolute atomic E-state index is 0.0219. The number of carbonyl (C=O) groups is 2. The van der Waals surface area contributed by atoms with Crippen molar-refractivity contribution < 1.29 is 49.8 Å². The number of aromatic nitrogens is 8. The number of ketones is 1. The highest BCUT2D eigenvalue weighted by Gasteiger charge is 2.39. The van der Waals surface area contributed by atoms with E-state index in [0.29, 0.717) is 28.0 Å². The maximum absolute atomic E-state index is 13.1. The van der Waals surface area contributed by atoms with Crippen LogP contribution in [0, 0.1) is 25.5 Å². The summed E-state index contributed by atoms with van der Waals surface area (Å²) in [5, 5.41) is 22.3. The third-order valence-corrected chi connectivity index (χ3v) is 9.38. The highest BCUT2D eigenvalue weighted by molar-refractivity contribution is 6.32. The SMILES string of the molecule is CCc1c(CC(=O)Cn2nc(C(F)(F)F)c(Cl)c2C)cnn1-c1ccc(F)cc1.CCc1c(N)cnn1-c1ccc(F)cc1.Cc1c(Cl)c(C(F)(F)F)nn1CC(=O)O. The molecule has 0 saturated carbocycles. The number of nitrogens with zero attached hydrogens (tertiary/aromatic N) is 8. The molecular formula is C37H35Cl2F8N9O3. The van der Waals surface area contributed by atoms with Crippen molar-refractivity contribution in [3.05, 3.63) is 122 Å². The lowest BCUT2D eigenvalue weighted by molar-refractivity contribution is -0.143. The molecule has 6 rings (SSSR count). The van der Waals surface area contributed by atoms with E-state index in [2.05, 4.69) is 20.4 Å². The van der Waals surface area contributed by atoms with Gasteiger partial charge in [0.1, 0.15) is 24.7 Å². The predicted octanol–water partition coefficient (Wildman–Crippen LogP) is 8.67. The average Bonchev–Trinajstić information content (AvgIpc) is 3.90. The summed E-state index contributed by atoms with van der Waals surface area (Å²) in [5.74, 6) is -2.25. The standard InChI is InChI=1S/C19H17ClF4N4O.C11H12FN3.C7H6ClF3N2O2/c1-3-16-12(9-25-28(16)14-6-4-13(21)5-7-14)8-15(29)10-27-11(2)17(20)18(26-27)19(22,23)24;1-2-11-10(13)7-14-15(11)9-5-3-8(12)4-6-9;1-3-5(8)6(7(9,10)11)12-13(3)2-4(14)15/h4-7,9H,3,8,10H2,1-2H3;3-7H,2,13H2,1H3;2H2,1H3,(H,14,15). The van der Waals surface area contributed by atoms with Crippen LogP contribution in [0.1, 0.15) is 53.6 Å². The van der Waals surface area contributed by atoms with Gasteiger partial charge in [-0.3, -0.25) is 19.0 Å². The number of hydrogen-bond donors (Lipinski definition) is 2. The van der Waals surface area contributed by atoms with Crippen LogP contribution >= 0.6 is 23.2 Å². The van der Waals surface area contributed by atoms with Crippen LogP contribution in [0.4, 0.5) is 40.8 Å². The van der Waals surface area contributed by atoms with Crippen molar-refractivity contribution in [2.24, 2.45) is 0 Å². The van der Waals surface area contributed by atoms with E-state index in [1.165, 1.54) is 44.3 Å². The molecule has 316 valence electrons. The first-order valence-corrected chi connectivity index (χ1v) is 18.1. The van der Waals surface area contributed by atoms with E-state index >= 15 is 0 Å². The summed E-state index contributed by atoms with van der Waals surface area (Å²) in [6, 6.07) is 11.9. The Labute approximate surface area is 340 Å². The van der Waals surface area contributed by atoms with Crippen LogP contribution in [0.3, 0.4) is 0 Å². The van der Waals surface area contributed by atoms with Crippen LogP contribution in [0.2, 0.25) is 10.0 Å². The van der Waals surface area contributed by atoms with E-state index in [4.69, 9.17) is 34.0 Å². The van der Waals surface area contributed by atoms with E-state index < -0.39 is 46.3 Å². The molecule has 4 aromatic heterocycles. The molecule has 0 fully saturated rings. The van der Waals surface area contributed by atoms with E-state index in [1.807, 2.05) is 13.8 Å². The number of carboxylic acids is 1. The number of aliphatic carboxylic acids is 1. The zero-order chi connectivity index (χ0) is 44.0. The Morgan fingerprint density at radius 1 is 0.695 bits per heavy atom. The molecule has 0 radical (unpaired) electrons. The van der Waals surface area contributed by atoms with E-state index in [0.717, 1.165) is 28.2 Å². The summed E-state index contributed by atoms with van der Waals surface area (Å²) in [6.45, 7) is 5.55. The second-order valence-corrected chi connectivity index (χ2v) is 13.3. The molecule has 59 heavy (non-hydrogen) atoms. The van der Waals surface area contributed by atoms with Gasteiger partial charge < -0.3 is 10.8 Å². The summed E-state index contributed by atoms with van der Waals surface area (Å²) in [6.07, 6.45) is -4.89. The van der Waals surface area contributed by atoms with Crippen molar-refractivity contribution in [2.45, 2.75) is 72.4 Å². The Morgan fingerprint density at radius 3 is 1.49 bits per heavy atom. The van der Waals surface area contributed by atoms with Gasteiger partial charge in [0, 0.05) is 17.7 Å². The van der Waals surface area contributed by atoms with Gasteiger partial charge in [0.25, 0.3) is 0 Å². The Morgan fingerprint density at radius 2 is 1.10 bits per heavy atom. The number of anilines is 1. The lowest BCUT2D eigenvalue weighted by Gasteiger charge is -2.08. The second kappa shape index (κ2) is 18.9. The molecule has 0 spiro atoms. The fourth-order valence-corrected chi connectivity index (χ4v) is 6.05. The maximum atomic E-state index is 13.1. The number of alkyl halides is 6. The average molecular weight is 877 g/mol. The first-order valence-electron chi connectivity index (χ1n) is 17.3. The lowest BCUT2D eigenvalue weighted by Crippen LogP contribution is -2.16. The van der Waals surface area contributed by atoms with Crippen molar-refractivity contribution in [3.8, 4) is 11.4 Å². The third kappa shape index (κ3) is 11.3. The number of Topliss-reactive ketones (excluding diaryl/α,β-unsaturated/α-hetero) is 1. The highest BCUT2D eigenvalue weighted by atomic mass is 35.5. The minimum Gasteiger partial charge on any atom is -0.480 e. The number of hydrogen-bond acceptors (Lipinski definition) is 7. The van der Waals surface area contributed by atoms with Crippen LogP contribution < -0.4 is 5.73 Å². The van der Waals surface area contributed by atoms with Crippen molar-refractivity contribution in [1.29, 1.82) is 0 Å². The monoisotopic (exact) mass is 875 g/mol. The number of nitrogens with two attached hydrogens (primary N) is 1. The smallest absolute Gasteiger partial charge is 0.436 e. The van der Waals surface area contributed by atoms with E-state index in [1.54, 1.807) is 39.8 Å². The highest BCUT2D eigenvalue weighted by Crippen LogP contribution is 2.36. The van der Waals surface area contributed by atoms with Crippen LogP contribution in [-0.2, 0) is 54.3 Å². The second-order valence-electron chi connectivity index (χ2n) is 12.6. The quantitative estimate of drug-likeness (QED) is 0.130. The van der Waals surface area contributed by atoms with Crippen LogP contribution in [0.15, 0.2) is 60.9 Å². The van der Waals surface area contributed by atoms with Gasteiger partial charge >= 0.3 is 18.3 Å².